The Morgan fingerprint density at radius 3 is 1.89 bits per heavy atom. The van der Waals surface area contributed by atoms with Gasteiger partial charge in [0.2, 0.25) is 0 Å². The third-order valence-electron chi connectivity index (χ3n) is 3.71. The smallest absolute Gasteiger partial charge is 0.0361 e. The molecule has 1 aromatic rings. The number of nitrogens with one attached hydrogen (secondary N) is 1. The summed E-state index contributed by atoms with van der Waals surface area (Å²) >= 11 is 0. The summed E-state index contributed by atoms with van der Waals surface area (Å²) in [6, 6.07) is 9.64. The van der Waals surface area contributed by atoms with Crippen molar-refractivity contribution in [2.24, 2.45) is 5.41 Å². The number of rotatable bonds is 4. The Labute approximate surface area is 112 Å². The van der Waals surface area contributed by atoms with Gasteiger partial charge in [0.15, 0.2) is 0 Å². The van der Waals surface area contributed by atoms with E-state index in [1.165, 1.54) is 11.3 Å². The fourth-order valence-electron chi connectivity index (χ4n) is 1.78. The number of anilines is 1. The maximum absolute atomic E-state index is 3.67. The number of hydrogen-bond donors (Lipinski definition) is 1. The summed E-state index contributed by atoms with van der Waals surface area (Å²) in [6.45, 7) is 11.3. The van der Waals surface area contributed by atoms with Gasteiger partial charge >= 0.3 is 0 Å². The Morgan fingerprint density at radius 1 is 1.00 bits per heavy atom. The molecule has 0 aliphatic heterocycles. The van der Waals surface area contributed by atoms with Crippen LogP contribution in [-0.4, -0.2) is 20.1 Å². The highest BCUT2D eigenvalue weighted by molar-refractivity contribution is 5.46. The summed E-state index contributed by atoms with van der Waals surface area (Å²) in [5.41, 5.74) is 2.88. The van der Waals surface area contributed by atoms with E-state index in [0.29, 0.717) is 12.1 Å². The monoisotopic (exact) mass is 248 g/mol. The maximum Gasteiger partial charge on any atom is 0.0361 e. The second-order valence-corrected chi connectivity index (χ2v) is 6.46. The van der Waals surface area contributed by atoms with Crippen LogP contribution in [0.25, 0.3) is 0 Å². The van der Waals surface area contributed by atoms with E-state index in [-0.39, 0.29) is 5.41 Å². The molecule has 2 heteroatoms. The van der Waals surface area contributed by atoms with Crippen molar-refractivity contribution in [1.29, 1.82) is 0 Å². The highest BCUT2D eigenvalue weighted by Gasteiger charge is 2.21. The van der Waals surface area contributed by atoms with Crippen LogP contribution in [0.5, 0.6) is 0 Å². The van der Waals surface area contributed by atoms with Crippen LogP contribution in [0.3, 0.4) is 0 Å². The first-order valence-electron chi connectivity index (χ1n) is 6.75. The van der Waals surface area contributed by atoms with Crippen LogP contribution >= 0.6 is 0 Å². The van der Waals surface area contributed by atoms with Crippen LogP contribution in [0.15, 0.2) is 24.3 Å². The first kappa shape index (κ1) is 15.0. The molecule has 0 radical (unpaired) electrons. The molecule has 0 aromatic heterocycles. The predicted octanol–water partition coefficient (Wildman–Crippen LogP) is 3.84. The van der Waals surface area contributed by atoms with E-state index < -0.39 is 0 Å². The molecule has 18 heavy (non-hydrogen) atoms. The fraction of sp³-hybridized carbons (Fsp3) is 0.625. The van der Waals surface area contributed by atoms with Gasteiger partial charge in [0, 0.05) is 31.9 Å². The molecule has 0 heterocycles. The van der Waals surface area contributed by atoms with E-state index in [4.69, 9.17) is 0 Å². The highest BCUT2D eigenvalue weighted by Crippen LogP contribution is 2.23. The van der Waals surface area contributed by atoms with E-state index in [0.717, 1.165) is 0 Å². The molecule has 1 N–H and O–H groups in total. The van der Waals surface area contributed by atoms with E-state index >= 15 is 0 Å². The van der Waals surface area contributed by atoms with Crippen molar-refractivity contribution in [3.63, 3.8) is 0 Å². The number of benzene rings is 1. The average molecular weight is 248 g/mol. The zero-order valence-electron chi connectivity index (χ0n) is 12.9. The Kier molecular flexibility index (Phi) is 4.80. The quantitative estimate of drug-likeness (QED) is 0.871. The maximum atomic E-state index is 3.67. The van der Waals surface area contributed by atoms with Crippen molar-refractivity contribution >= 4 is 5.69 Å². The third-order valence-corrected chi connectivity index (χ3v) is 3.71. The van der Waals surface area contributed by atoms with Crippen molar-refractivity contribution in [2.45, 2.75) is 46.7 Å². The average Bonchev–Trinajstić information content (AvgIpc) is 2.27. The lowest BCUT2D eigenvalue weighted by molar-refractivity contribution is 0.268. The third kappa shape index (κ3) is 4.02. The number of nitrogens with zero attached hydrogens (tertiary/aromatic N) is 1. The van der Waals surface area contributed by atoms with Gasteiger partial charge in [-0.1, -0.05) is 32.9 Å². The van der Waals surface area contributed by atoms with E-state index in [2.05, 4.69) is 83.2 Å². The van der Waals surface area contributed by atoms with Gasteiger partial charge in [-0.15, -0.1) is 0 Å². The summed E-state index contributed by atoms with van der Waals surface area (Å²) in [7, 11) is 4.14. The molecule has 0 bridgehead atoms. The summed E-state index contributed by atoms with van der Waals surface area (Å²) in [4.78, 5) is 2.12. The van der Waals surface area contributed by atoms with Crippen LogP contribution in [0.2, 0.25) is 0 Å². The second kappa shape index (κ2) is 5.75. The van der Waals surface area contributed by atoms with Crippen molar-refractivity contribution in [2.75, 3.05) is 19.0 Å². The minimum Gasteiger partial charge on any atom is -0.378 e. The minimum atomic E-state index is 0.290. The van der Waals surface area contributed by atoms with Gasteiger partial charge in [-0.25, -0.2) is 0 Å². The first-order chi connectivity index (χ1) is 8.21. The number of hydrogen-bond acceptors (Lipinski definition) is 2. The van der Waals surface area contributed by atoms with E-state index in [9.17, 15) is 0 Å². The highest BCUT2D eigenvalue weighted by atomic mass is 15.1. The standard InChI is InChI=1S/C16H28N2/c1-12(17-13(2)16(3,4)5)14-8-10-15(11-9-14)18(6)7/h8-13,17H,1-7H3. The molecule has 0 aliphatic rings. The lowest BCUT2D eigenvalue weighted by Crippen LogP contribution is -2.39. The molecular formula is C16H28N2. The van der Waals surface area contributed by atoms with Gasteiger partial charge in [0.05, 0.1) is 0 Å². The molecule has 0 amide bonds. The molecule has 0 saturated carbocycles. The Hall–Kier alpha value is -1.02. The van der Waals surface area contributed by atoms with Crippen molar-refractivity contribution in [1.82, 2.24) is 5.32 Å². The Morgan fingerprint density at radius 2 is 1.50 bits per heavy atom. The molecule has 1 rings (SSSR count). The summed E-state index contributed by atoms with van der Waals surface area (Å²) in [5.74, 6) is 0. The molecule has 0 fully saturated rings. The lowest BCUT2D eigenvalue weighted by Gasteiger charge is -2.31. The first-order valence-corrected chi connectivity index (χ1v) is 6.75. The van der Waals surface area contributed by atoms with Gasteiger partial charge in [0.1, 0.15) is 0 Å². The topological polar surface area (TPSA) is 15.3 Å². The van der Waals surface area contributed by atoms with Gasteiger partial charge in [-0.05, 0) is 37.0 Å². The summed E-state index contributed by atoms with van der Waals surface area (Å²) in [5, 5.41) is 3.67. The van der Waals surface area contributed by atoms with Gasteiger partial charge in [-0.3, -0.25) is 0 Å². The van der Waals surface area contributed by atoms with Gasteiger partial charge in [0.25, 0.3) is 0 Å². The van der Waals surface area contributed by atoms with Gasteiger partial charge in [-0.2, -0.15) is 0 Å². The second-order valence-electron chi connectivity index (χ2n) is 6.46. The molecule has 0 aliphatic carbocycles. The molecule has 2 atom stereocenters. The molecule has 2 unspecified atom stereocenters. The molecule has 102 valence electrons. The van der Waals surface area contributed by atoms with Crippen LogP contribution < -0.4 is 10.2 Å². The predicted molar refractivity (Wildman–Crippen MR) is 81.2 cm³/mol. The van der Waals surface area contributed by atoms with Crippen LogP contribution in [0.4, 0.5) is 5.69 Å². The molecule has 2 nitrogen and oxygen atoms in total. The van der Waals surface area contributed by atoms with Gasteiger partial charge < -0.3 is 10.2 Å². The normalized spacial score (nSPS) is 15.3. The van der Waals surface area contributed by atoms with Crippen LogP contribution in [0.1, 0.15) is 46.2 Å². The Bertz CT molecular complexity index is 360. The fourth-order valence-corrected chi connectivity index (χ4v) is 1.78. The minimum absolute atomic E-state index is 0.290. The molecule has 1 aromatic carbocycles. The summed E-state index contributed by atoms with van der Waals surface area (Å²) < 4.78 is 0. The van der Waals surface area contributed by atoms with Crippen molar-refractivity contribution in [3.8, 4) is 0 Å². The summed E-state index contributed by atoms with van der Waals surface area (Å²) in [6.07, 6.45) is 0. The lowest BCUT2D eigenvalue weighted by atomic mass is 9.87. The molecule has 0 saturated heterocycles. The van der Waals surface area contributed by atoms with Crippen molar-refractivity contribution in [3.05, 3.63) is 29.8 Å². The Balaban J connectivity index is 2.70. The SMILES string of the molecule is CC(NC(C)C(C)(C)C)c1ccc(N(C)C)cc1. The molecular weight excluding hydrogens is 220 g/mol. The van der Waals surface area contributed by atoms with Crippen LogP contribution in [-0.2, 0) is 0 Å². The zero-order chi connectivity index (χ0) is 13.9. The van der Waals surface area contributed by atoms with E-state index in [1.807, 2.05) is 0 Å². The molecule has 0 spiro atoms. The van der Waals surface area contributed by atoms with Crippen molar-refractivity contribution < 1.29 is 0 Å². The van der Waals surface area contributed by atoms with Crippen LogP contribution in [0, 0.1) is 5.41 Å². The van der Waals surface area contributed by atoms with E-state index in [1.54, 1.807) is 0 Å². The zero-order valence-corrected chi connectivity index (χ0v) is 12.9. The largest absolute Gasteiger partial charge is 0.378 e.